The first-order chi connectivity index (χ1) is 12.0. The number of likely N-dealkylation sites (tertiary alicyclic amines) is 2. The molecule has 1 aromatic rings. The lowest BCUT2D eigenvalue weighted by atomic mass is 9.85. The Morgan fingerprint density at radius 3 is 2.12 bits per heavy atom. The van der Waals surface area contributed by atoms with Crippen molar-refractivity contribution in [3.63, 3.8) is 0 Å². The van der Waals surface area contributed by atoms with Crippen LogP contribution in [0.3, 0.4) is 0 Å². The highest BCUT2D eigenvalue weighted by Crippen LogP contribution is 2.37. The largest absolute Gasteiger partial charge is 0.334 e. The highest BCUT2D eigenvalue weighted by Gasteiger charge is 2.52. The molecule has 1 aliphatic carbocycles. The first-order valence-corrected chi connectivity index (χ1v) is 8.23. The Labute approximate surface area is 142 Å². The topological polar surface area (TPSA) is 57.7 Å². The van der Waals surface area contributed by atoms with Gasteiger partial charge < -0.3 is 4.90 Å². The summed E-state index contributed by atoms with van der Waals surface area (Å²) in [4.78, 5) is 40.0. The van der Waals surface area contributed by atoms with Gasteiger partial charge in [-0.3, -0.25) is 19.3 Å². The third kappa shape index (κ3) is 2.45. The van der Waals surface area contributed by atoms with Crippen LogP contribution < -0.4 is 0 Å². The van der Waals surface area contributed by atoms with Crippen LogP contribution in [0.5, 0.6) is 0 Å². The van der Waals surface area contributed by atoms with Crippen molar-refractivity contribution >= 4 is 17.7 Å². The van der Waals surface area contributed by atoms with Gasteiger partial charge in [-0.25, -0.2) is 8.78 Å². The fourth-order valence-electron chi connectivity index (χ4n) is 3.78. The predicted molar refractivity (Wildman–Crippen MR) is 83.3 cm³/mol. The highest BCUT2D eigenvalue weighted by atomic mass is 19.2. The van der Waals surface area contributed by atoms with Crippen molar-refractivity contribution in [3.8, 4) is 0 Å². The number of nitrogens with zero attached hydrogens (tertiary/aromatic N) is 2. The number of benzene rings is 1. The SMILES string of the molecule is O=C(c1ccc(F)c(F)c1)N1CC(N2C(=O)[C@@H]3CC=CC[C@H]3C2=O)C1. The average molecular weight is 346 g/mol. The summed E-state index contributed by atoms with van der Waals surface area (Å²) in [7, 11) is 0. The van der Waals surface area contributed by atoms with Gasteiger partial charge in [-0.05, 0) is 31.0 Å². The van der Waals surface area contributed by atoms with Gasteiger partial charge in [-0.15, -0.1) is 0 Å². The Morgan fingerprint density at radius 2 is 1.56 bits per heavy atom. The first kappa shape index (κ1) is 15.9. The minimum atomic E-state index is -1.08. The lowest BCUT2D eigenvalue weighted by molar-refractivity contribution is -0.145. The van der Waals surface area contributed by atoms with E-state index in [1.54, 1.807) is 0 Å². The second-order valence-electron chi connectivity index (χ2n) is 6.70. The maximum absolute atomic E-state index is 13.3. The Balaban J connectivity index is 1.43. The third-order valence-electron chi connectivity index (χ3n) is 5.22. The lowest BCUT2D eigenvalue weighted by Crippen LogP contribution is -2.62. The van der Waals surface area contributed by atoms with Crippen molar-refractivity contribution in [1.82, 2.24) is 9.80 Å². The van der Waals surface area contributed by atoms with Crippen LogP contribution in [0.15, 0.2) is 30.4 Å². The van der Waals surface area contributed by atoms with Gasteiger partial charge in [0, 0.05) is 18.7 Å². The van der Waals surface area contributed by atoms with Gasteiger partial charge in [0.05, 0.1) is 17.9 Å². The van der Waals surface area contributed by atoms with Gasteiger partial charge in [-0.1, -0.05) is 12.2 Å². The lowest BCUT2D eigenvalue weighted by Gasteiger charge is -2.43. The van der Waals surface area contributed by atoms with E-state index in [0.29, 0.717) is 12.8 Å². The molecule has 2 saturated heterocycles. The van der Waals surface area contributed by atoms with E-state index in [1.807, 2.05) is 12.2 Å². The monoisotopic (exact) mass is 346 g/mol. The summed E-state index contributed by atoms with van der Waals surface area (Å²) in [6, 6.07) is 2.66. The molecule has 3 aliphatic rings. The summed E-state index contributed by atoms with van der Waals surface area (Å²) >= 11 is 0. The Bertz CT molecular complexity index is 776. The fraction of sp³-hybridized carbons (Fsp3) is 0.389. The number of halogens is 2. The molecule has 0 aromatic heterocycles. The van der Waals surface area contributed by atoms with Crippen molar-refractivity contribution in [2.75, 3.05) is 13.1 Å². The molecule has 0 saturated carbocycles. The quantitative estimate of drug-likeness (QED) is 0.605. The van der Waals surface area contributed by atoms with Gasteiger partial charge in [0.15, 0.2) is 11.6 Å². The average Bonchev–Trinajstić information content (AvgIpc) is 2.81. The van der Waals surface area contributed by atoms with Gasteiger partial charge >= 0.3 is 0 Å². The normalized spacial score (nSPS) is 26.0. The van der Waals surface area contributed by atoms with Crippen LogP contribution in [0.25, 0.3) is 0 Å². The zero-order valence-corrected chi connectivity index (χ0v) is 13.3. The second-order valence-corrected chi connectivity index (χ2v) is 6.70. The van der Waals surface area contributed by atoms with Crippen LogP contribution in [-0.4, -0.2) is 46.7 Å². The molecular weight excluding hydrogens is 330 g/mol. The molecular formula is C18H16F2N2O3. The van der Waals surface area contributed by atoms with Crippen LogP contribution in [0.2, 0.25) is 0 Å². The molecule has 3 amide bonds. The Morgan fingerprint density at radius 1 is 0.960 bits per heavy atom. The van der Waals surface area contributed by atoms with Crippen LogP contribution in [0, 0.1) is 23.5 Å². The molecule has 0 radical (unpaired) electrons. The highest BCUT2D eigenvalue weighted by molar-refractivity contribution is 6.06. The van der Waals surface area contributed by atoms with Crippen molar-refractivity contribution in [2.24, 2.45) is 11.8 Å². The van der Waals surface area contributed by atoms with Gasteiger partial charge in [0.1, 0.15) is 0 Å². The summed E-state index contributed by atoms with van der Waals surface area (Å²) in [5, 5.41) is 0. The Hall–Kier alpha value is -2.57. The summed E-state index contributed by atoms with van der Waals surface area (Å²) in [6.45, 7) is 0.449. The molecule has 0 N–H and O–H groups in total. The van der Waals surface area contributed by atoms with Crippen LogP contribution >= 0.6 is 0 Å². The molecule has 2 atom stereocenters. The minimum Gasteiger partial charge on any atom is -0.334 e. The van der Waals surface area contributed by atoms with E-state index in [9.17, 15) is 23.2 Å². The molecule has 7 heteroatoms. The van der Waals surface area contributed by atoms with E-state index in [1.165, 1.54) is 15.9 Å². The van der Waals surface area contributed by atoms with Crippen molar-refractivity contribution < 1.29 is 23.2 Å². The van der Waals surface area contributed by atoms with E-state index in [0.717, 1.165) is 12.1 Å². The zero-order valence-electron chi connectivity index (χ0n) is 13.3. The fourth-order valence-corrected chi connectivity index (χ4v) is 3.78. The number of carbonyl (C=O) groups excluding carboxylic acids is 3. The smallest absolute Gasteiger partial charge is 0.254 e. The molecule has 1 aromatic carbocycles. The van der Waals surface area contributed by atoms with Gasteiger partial charge in [0.25, 0.3) is 5.91 Å². The van der Waals surface area contributed by atoms with Gasteiger partial charge in [-0.2, -0.15) is 0 Å². The minimum absolute atomic E-state index is 0.0503. The van der Waals surface area contributed by atoms with Crippen molar-refractivity contribution in [1.29, 1.82) is 0 Å². The molecule has 0 spiro atoms. The van der Waals surface area contributed by atoms with Crippen molar-refractivity contribution in [3.05, 3.63) is 47.5 Å². The van der Waals surface area contributed by atoms with Crippen LogP contribution in [0.4, 0.5) is 8.78 Å². The summed E-state index contributed by atoms with van der Waals surface area (Å²) in [5.41, 5.74) is 0.0503. The molecule has 0 bridgehead atoms. The number of hydrogen-bond donors (Lipinski definition) is 0. The van der Waals surface area contributed by atoms with E-state index < -0.39 is 17.5 Å². The van der Waals surface area contributed by atoms with E-state index >= 15 is 0 Å². The number of fused-ring (bicyclic) bond motifs is 1. The van der Waals surface area contributed by atoms with E-state index in [-0.39, 0.29) is 48.3 Å². The summed E-state index contributed by atoms with van der Waals surface area (Å²) in [6.07, 6.45) is 5.01. The molecule has 2 heterocycles. The second kappa shape index (κ2) is 5.75. The Kier molecular flexibility index (Phi) is 3.67. The number of rotatable bonds is 2. The number of imide groups is 1. The maximum atomic E-state index is 13.3. The molecule has 2 aliphatic heterocycles. The predicted octanol–water partition coefficient (Wildman–Crippen LogP) is 1.74. The third-order valence-corrected chi connectivity index (χ3v) is 5.22. The molecule has 4 rings (SSSR count). The summed E-state index contributed by atoms with van der Waals surface area (Å²) < 4.78 is 26.2. The van der Waals surface area contributed by atoms with Gasteiger partial charge in [0.2, 0.25) is 11.8 Å². The molecule has 5 nitrogen and oxygen atoms in total. The zero-order chi connectivity index (χ0) is 17.7. The number of allylic oxidation sites excluding steroid dienone is 2. The van der Waals surface area contributed by atoms with Crippen LogP contribution in [-0.2, 0) is 9.59 Å². The molecule has 0 unspecified atom stereocenters. The van der Waals surface area contributed by atoms with E-state index in [2.05, 4.69) is 0 Å². The molecule has 25 heavy (non-hydrogen) atoms. The number of amides is 3. The summed E-state index contributed by atoms with van der Waals surface area (Å²) in [5.74, 6) is -3.42. The number of hydrogen-bond acceptors (Lipinski definition) is 3. The van der Waals surface area contributed by atoms with E-state index in [4.69, 9.17) is 0 Å². The number of carbonyl (C=O) groups is 3. The standard InChI is InChI=1S/C18H16F2N2O3/c19-14-6-5-10(7-15(14)20)16(23)21-8-11(9-21)22-17(24)12-3-1-2-4-13(12)18(22)25/h1-2,5-7,11-13H,3-4,8-9H2/t12-,13-/m1/s1. The molecule has 130 valence electrons. The first-order valence-electron chi connectivity index (χ1n) is 8.23. The van der Waals surface area contributed by atoms with Crippen LogP contribution in [0.1, 0.15) is 23.2 Å². The maximum Gasteiger partial charge on any atom is 0.254 e. The molecule has 2 fully saturated rings. The van der Waals surface area contributed by atoms with Crippen molar-refractivity contribution in [2.45, 2.75) is 18.9 Å².